The first-order chi connectivity index (χ1) is 10.6. The van der Waals surface area contributed by atoms with Crippen LogP contribution in [0.4, 0.5) is 0 Å². The van der Waals surface area contributed by atoms with Gasteiger partial charge in [0.05, 0.1) is 12.7 Å². The number of nitrogens with zero attached hydrogens (tertiary/aromatic N) is 1. The summed E-state index contributed by atoms with van der Waals surface area (Å²) >= 11 is 0. The van der Waals surface area contributed by atoms with Crippen molar-refractivity contribution in [3.63, 3.8) is 0 Å². The Morgan fingerprint density at radius 2 is 2.00 bits per heavy atom. The molecule has 1 aliphatic heterocycles. The standard InChI is InChI=1S/C17H20N2O3/c1-11-5-7-19(8-6-11)17(21)16(20)14-10-18-15-4-3-12(22-2)9-13(14)15/h3-4,9-11,18H,5-8H2,1-2H3. The van der Waals surface area contributed by atoms with E-state index < -0.39 is 11.7 Å². The molecule has 1 aromatic carbocycles. The lowest BCUT2D eigenvalue weighted by Gasteiger charge is -2.29. The maximum absolute atomic E-state index is 12.5. The Balaban J connectivity index is 1.87. The average Bonchev–Trinajstić information content (AvgIpc) is 2.97. The lowest BCUT2D eigenvalue weighted by atomic mass is 9.98. The number of rotatable bonds is 3. The summed E-state index contributed by atoms with van der Waals surface area (Å²) in [6, 6.07) is 5.45. The third kappa shape index (κ3) is 2.58. The topological polar surface area (TPSA) is 62.4 Å². The van der Waals surface area contributed by atoms with E-state index in [2.05, 4.69) is 11.9 Å². The summed E-state index contributed by atoms with van der Waals surface area (Å²) in [6.07, 6.45) is 3.53. The van der Waals surface area contributed by atoms with Crippen LogP contribution in [0.5, 0.6) is 5.75 Å². The normalized spacial score (nSPS) is 16.0. The number of amides is 1. The fourth-order valence-corrected chi connectivity index (χ4v) is 2.89. The predicted octanol–water partition coefficient (Wildman–Crippen LogP) is 2.62. The minimum absolute atomic E-state index is 0.407. The monoisotopic (exact) mass is 300 g/mol. The fraction of sp³-hybridized carbons (Fsp3) is 0.412. The summed E-state index contributed by atoms with van der Waals surface area (Å²) in [6.45, 7) is 3.50. The largest absolute Gasteiger partial charge is 0.497 e. The first-order valence-electron chi connectivity index (χ1n) is 7.59. The second-order valence-corrected chi connectivity index (χ2v) is 5.92. The van der Waals surface area contributed by atoms with Crippen LogP contribution >= 0.6 is 0 Å². The highest BCUT2D eigenvalue weighted by Crippen LogP contribution is 2.25. The van der Waals surface area contributed by atoms with E-state index in [4.69, 9.17) is 4.74 Å². The van der Waals surface area contributed by atoms with E-state index in [9.17, 15) is 9.59 Å². The van der Waals surface area contributed by atoms with E-state index in [-0.39, 0.29) is 0 Å². The molecule has 2 heterocycles. The zero-order chi connectivity index (χ0) is 15.7. The average molecular weight is 300 g/mol. The molecular weight excluding hydrogens is 280 g/mol. The number of piperidine rings is 1. The maximum Gasteiger partial charge on any atom is 0.295 e. The summed E-state index contributed by atoms with van der Waals surface area (Å²) in [5.74, 6) is 0.432. The van der Waals surface area contributed by atoms with E-state index in [1.54, 1.807) is 24.3 Å². The van der Waals surface area contributed by atoms with Crippen LogP contribution in [-0.2, 0) is 4.79 Å². The van der Waals surface area contributed by atoms with E-state index >= 15 is 0 Å². The van der Waals surface area contributed by atoms with Crippen LogP contribution < -0.4 is 4.74 Å². The minimum Gasteiger partial charge on any atom is -0.497 e. The lowest BCUT2D eigenvalue weighted by molar-refractivity contribution is -0.127. The Kier molecular flexibility index (Phi) is 3.88. The number of hydrogen-bond donors (Lipinski definition) is 1. The summed E-state index contributed by atoms with van der Waals surface area (Å²) < 4.78 is 5.19. The van der Waals surface area contributed by atoms with Gasteiger partial charge in [0.25, 0.3) is 11.7 Å². The van der Waals surface area contributed by atoms with Gasteiger partial charge in [0.15, 0.2) is 0 Å². The van der Waals surface area contributed by atoms with Crippen LogP contribution in [-0.4, -0.2) is 41.8 Å². The van der Waals surface area contributed by atoms with Gasteiger partial charge in [-0.25, -0.2) is 0 Å². The van der Waals surface area contributed by atoms with Crippen LogP contribution in [0.15, 0.2) is 24.4 Å². The summed E-state index contributed by atoms with van der Waals surface area (Å²) in [5.41, 5.74) is 1.24. The first-order valence-corrected chi connectivity index (χ1v) is 7.59. The third-order valence-electron chi connectivity index (χ3n) is 4.40. The molecule has 0 atom stereocenters. The molecule has 5 nitrogen and oxygen atoms in total. The molecule has 0 bridgehead atoms. The number of benzene rings is 1. The zero-order valence-electron chi connectivity index (χ0n) is 12.9. The Labute approximate surface area is 129 Å². The molecule has 22 heavy (non-hydrogen) atoms. The van der Waals surface area contributed by atoms with Gasteiger partial charge in [-0.2, -0.15) is 0 Å². The van der Waals surface area contributed by atoms with E-state index in [1.807, 2.05) is 12.1 Å². The number of carbonyl (C=O) groups is 2. The van der Waals surface area contributed by atoms with Gasteiger partial charge in [0, 0.05) is 30.2 Å². The fourth-order valence-electron chi connectivity index (χ4n) is 2.89. The lowest BCUT2D eigenvalue weighted by Crippen LogP contribution is -2.41. The van der Waals surface area contributed by atoms with Gasteiger partial charge in [0.2, 0.25) is 0 Å². The van der Waals surface area contributed by atoms with Gasteiger partial charge in [-0.3, -0.25) is 9.59 Å². The molecule has 5 heteroatoms. The van der Waals surface area contributed by atoms with Crippen molar-refractivity contribution in [2.24, 2.45) is 5.92 Å². The van der Waals surface area contributed by atoms with Crippen molar-refractivity contribution < 1.29 is 14.3 Å². The summed E-state index contributed by atoms with van der Waals surface area (Å²) in [5, 5.41) is 0.725. The smallest absolute Gasteiger partial charge is 0.295 e. The predicted molar refractivity (Wildman–Crippen MR) is 84.2 cm³/mol. The van der Waals surface area contributed by atoms with Crippen LogP contribution in [0.1, 0.15) is 30.1 Å². The minimum atomic E-state index is -0.450. The number of ether oxygens (including phenoxy) is 1. The molecule has 0 saturated carbocycles. The Morgan fingerprint density at radius 3 is 2.68 bits per heavy atom. The number of likely N-dealkylation sites (tertiary alicyclic amines) is 1. The summed E-state index contributed by atoms with van der Waals surface area (Å²) in [4.78, 5) is 29.7. The van der Waals surface area contributed by atoms with Crippen molar-refractivity contribution in [3.05, 3.63) is 30.0 Å². The number of methoxy groups -OCH3 is 1. The van der Waals surface area contributed by atoms with Gasteiger partial charge in [0.1, 0.15) is 5.75 Å². The number of hydrogen-bond acceptors (Lipinski definition) is 3. The Morgan fingerprint density at radius 1 is 1.27 bits per heavy atom. The number of ketones is 1. The van der Waals surface area contributed by atoms with Crippen molar-refractivity contribution >= 4 is 22.6 Å². The maximum atomic E-state index is 12.5. The van der Waals surface area contributed by atoms with Crippen LogP contribution in [0.2, 0.25) is 0 Å². The van der Waals surface area contributed by atoms with Crippen molar-refractivity contribution in [1.82, 2.24) is 9.88 Å². The molecule has 116 valence electrons. The molecule has 3 rings (SSSR count). The molecule has 1 aromatic heterocycles. The van der Waals surface area contributed by atoms with Gasteiger partial charge in [-0.1, -0.05) is 6.92 Å². The van der Waals surface area contributed by atoms with Crippen molar-refractivity contribution in [1.29, 1.82) is 0 Å². The highest BCUT2D eigenvalue weighted by atomic mass is 16.5. The van der Waals surface area contributed by atoms with E-state index in [0.717, 1.165) is 23.7 Å². The molecule has 1 saturated heterocycles. The Bertz CT molecular complexity index is 712. The zero-order valence-corrected chi connectivity index (χ0v) is 12.9. The van der Waals surface area contributed by atoms with Gasteiger partial charge < -0.3 is 14.6 Å². The highest BCUT2D eigenvalue weighted by molar-refractivity contribution is 6.44. The highest BCUT2D eigenvalue weighted by Gasteiger charge is 2.28. The molecule has 0 unspecified atom stereocenters. The van der Waals surface area contributed by atoms with Crippen LogP contribution in [0.25, 0.3) is 10.9 Å². The van der Waals surface area contributed by atoms with E-state index in [1.165, 1.54) is 0 Å². The summed E-state index contributed by atoms with van der Waals surface area (Å²) in [7, 11) is 1.58. The van der Waals surface area contributed by atoms with Crippen molar-refractivity contribution in [3.8, 4) is 5.75 Å². The second-order valence-electron chi connectivity index (χ2n) is 5.92. The number of nitrogens with one attached hydrogen (secondary N) is 1. The van der Waals surface area contributed by atoms with E-state index in [0.29, 0.717) is 30.3 Å². The van der Waals surface area contributed by atoms with Crippen LogP contribution in [0, 0.1) is 5.92 Å². The molecule has 1 fully saturated rings. The molecular formula is C17H20N2O3. The number of Topliss-reactive ketones (excluding diaryl/α,β-unsaturated/α-hetero) is 1. The molecule has 1 amide bonds. The quantitative estimate of drug-likeness (QED) is 0.700. The molecule has 0 radical (unpaired) electrons. The van der Waals surface area contributed by atoms with Gasteiger partial charge in [-0.05, 0) is 37.0 Å². The number of aromatic amines is 1. The number of fused-ring (bicyclic) bond motifs is 1. The first kappa shape index (κ1) is 14.6. The SMILES string of the molecule is COc1ccc2[nH]cc(C(=O)C(=O)N3CCC(C)CC3)c2c1. The van der Waals surface area contributed by atoms with Crippen molar-refractivity contribution in [2.75, 3.05) is 20.2 Å². The van der Waals surface area contributed by atoms with Gasteiger partial charge in [-0.15, -0.1) is 0 Å². The van der Waals surface area contributed by atoms with Crippen molar-refractivity contribution in [2.45, 2.75) is 19.8 Å². The number of carbonyl (C=O) groups excluding carboxylic acids is 2. The van der Waals surface area contributed by atoms with Crippen LogP contribution in [0.3, 0.4) is 0 Å². The molecule has 0 spiro atoms. The second kappa shape index (κ2) is 5.83. The molecule has 0 aliphatic carbocycles. The molecule has 2 aromatic rings. The van der Waals surface area contributed by atoms with Gasteiger partial charge >= 0.3 is 0 Å². The Hall–Kier alpha value is -2.30. The molecule has 1 N–H and O–H groups in total. The number of H-pyrrole nitrogens is 1. The third-order valence-corrected chi connectivity index (χ3v) is 4.40. The molecule has 1 aliphatic rings. The number of aromatic nitrogens is 1.